The Labute approximate surface area is 90.3 Å². The topological polar surface area (TPSA) is 26.0 Å². The van der Waals surface area contributed by atoms with Gasteiger partial charge in [0.15, 0.2) is 0 Å². The average Bonchev–Trinajstić information content (AvgIpc) is 2.10. The molecule has 1 aliphatic rings. The van der Waals surface area contributed by atoms with Gasteiger partial charge in [-0.05, 0) is 43.0 Å². The zero-order chi connectivity index (χ0) is 10.2. The van der Waals surface area contributed by atoms with Crippen molar-refractivity contribution in [3.8, 4) is 0 Å². The normalized spacial score (nSPS) is 19.1. The summed E-state index contributed by atoms with van der Waals surface area (Å²) in [7, 11) is 0. The molecule has 0 amide bonds. The zero-order valence-electron chi connectivity index (χ0n) is 8.52. The number of benzene rings is 1. The molecule has 1 fully saturated rings. The van der Waals surface area contributed by atoms with Crippen LogP contribution in [-0.2, 0) is 5.41 Å². The predicted molar refractivity (Wildman–Crippen MR) is 60.8 cm³/mol. The SMILES string of the molecule is Cc1ccc(Cl)cc1C1(CN)CCC1. The molecule has 0 bridgehead atoms. The first kappa shape index (κ1) is 10.0. The molecule has 2 N–H and O–H groups in total. The van der Waals surface area contributed by atoms with Crippen molar-refractivity contribution in [2.24, 2.45) is 5.73 Å². The molecular formula is C12H16ClN. The van der Waals surface area contributed by atoms with Crippen molar-refractivity contribution in [1.29, 1.82) is 0 Å². The van der Waals surface area contributed by atoms with Crippen molar-refractivity contribution >= 4 is 11.6 Å². The van der Waals surface area contributed by atoms with Crippen LogP contribution in [0.4, 0.5) is 0 Å². The third kappa shape index (κ3) is 1.45. The summed E-state index contributed by atoms with van der Waals surface area (Å²) in [6, 6.07) is 6.12. The van der Waals surface area contributed by atoms with E-state index in [1.165, 1.54) is 30.4 Å². The van der Waals surface area contributed by atoms with Crippen LogP contribution in [0.3, 0.4) is 0 Å². The highest BCUT2D eigenvalue weighted by atomic mass is 35.5. The van der Waals surface area contributed by atoms with Crippen molar-refractivity contribution < 1.29 is 0 Å². The minimum absolute atomic E-state index is 0.231. The maximum absolute atomic E-state index is 6.02. The van der Waals surface area contributed by atoms with E-state index in [0.29, 0.717) is 0 Å². The molecule has 0 saturated heterocycles. The quantitative estimate of drug-likeness (QED) is 0.796. The molecule has 0 radical (unpaired) electrons. The molecule has 76 valence electrons. The van der Waals surface area contributed by atoms with Crippen LogP contribution >= 0.6 is 11.6 Å². The van der Waals surface area contributed by atoms with Crippen LogP contribution in [0.25, 0.3) is 0 Å². The fourth-order valence-corrected chi connectivity index (χ4v) is 2.52. The number of halogens is 1. The lowest BCUT2D eigenvalue weighted by Crippen LogP contribution is -2.42. The van der Waals surface area contributed by atoms with Crippen LogP contribution < -0.4 is 5.73 Å². The average molecular weight is 210 g/mol. The molecule has 2 heteroatoms. The van der Waals surface area contributed by atoms with Crippen molar-refractivity contribution in [2.75, 3.05) is 6.54 Å². The largest absolute Gasteiger partial charge is 0.330 e. The standard InChI is InChI=1S/C12H16ClN/c1-9-3-4-10(13)7-11(9)12(8-14)5-2-6-12/h3-4,7H,2,5-6,8,14H2,1H3. The molecule has 1 aromatic rings. The molecule has 1 aromatic carbocycles. The summed E-state index contributed by atoms with van der Waals surface area (Å²) in [6.45, 7) is 2.88. The maximum atomic E-state index is 6.02. The summed E-state index contributed by atoms with van der Waals surface area (Å²) in [5.74, 6) is 0. The molecule has 0 aromatic heterocycles. The Hall–Kier alpha value is -0.530. The Balaban J connectivity index is 2.43. The van der Waals surface area contributed by atoms with Gasteiger partial charge in [-0.2, -0.15) is 0 Å². The van der Waals surface area contributed by atoms with Gasteiger partial charge in [0, 0.05) is 17.0 Å². The van der Waals surface area contributed by atoms with Gasteiger partial charge in [-0.1, -0.05) is 24.1 Å². The van der Waals surface area contributed by atoms with Gasteiger partial charge in [-0.25, -0.2) is 0 Å². The molecule has 1 saturated carbocycles. The van der Waals surface area contributed by atoms with Crippen molar-refractivity contribution in [3.05, 3.63) is 34.3 Å². The van der Waals surface area contributed by atoms with Crippen molar-refractivity contribution in [3.63, 3.8) is 0 Å². The highest BCUT2D eigenvalue weighted by Crippen LogP contribution is 2.44. The highest BCUT2D eigenvalue weighted by molar-refractivity contribution is 6.30. The molecule has 0 aliphatic heterocycles. The van der Waals surface area contributed by atoms with Crippen LogP contribution in [0.5, 0.6) is 0 Å². The molecule has 2 rings (SSSR count). The van der Waals surface area contributed by atoms with Gasteiger partial charge >= 0.3 is 0 Å². The molecule has 0 spiro atoms. The van der Waals surface area contributed by atoms with E-state index < -0.39 is 0 Å². The monoisotopic (exact) mass is 209 g/mol. The summed E-state index contributed by atoms with van der Waals surface area (Å²) in [6.07, 6.45) is 3.72. The minimum Gasteiger partial charge on any atom is -0.330 e. The Kier molecular flexibility index (Phi) is 2.54. The Morgan fingerprint density at radius 2 is 2.14 bits per heavy atom. The molecule has 14 heavy (non-hydrogen) atoms. The van der Waals surface area contributed by atoms with Gasteiger partial charge in [0.25, 0.3) is 0 Å². The van der Waals surface area contributed by atoms with E-state index in [4.69, 9.17) is 17.3 Å². The van der Waals surface area contributed by atoms with E-state index in [-0.39, 0.29) is 5.41 Å². The zero-order valence-corrected chi connectivity index (χ0v) is 9.27. The lowest BCUT2D eigenvalue weighted by molar-refractivity contribution is 0.252. The highest BCUT2D eigenvalue weighted by Gasteiger charge is 2.38. The molecule has 1 aliphatic carbocycles. The Morgan fingerprint density at radius 1 is 1.43 bits per heavy atom. The lowest BCUT2D eigenvalue weighted by atomic mass is 9.63. The first-order valence-electron chi connectivity index (χ1n) is 5.15. The second-order valence-electron chi connectivity index (χ2n) is 4.30. The fourth-order valence-electron chi connectivity index (χ4n) is 2.35. The van der Waals surface area contributed by atoms with Crippen LogP contribution in [0.2, 0.25) is 5.02 Å². The molecule has 0 atom stereocenters. The van der Waals surface area contributed by atoms with E-state index in [1.54, 1.807) is 0 Å². The molecule has 1 nitrogen and oxygen atoms in total. The van der Waals surface area contributed by atoms with Crippen LogP contribution in [-0.4, -0.2) is 6.54 Å². The minimum atomic E-state index is 0.231. The second-order valence-corrected chi connectivity index (χ2v) is 4.73. The summed E-state index contributed by atoms with van der Waals surface area (Å²) in [5, 5.41) is 0.824. The third-order valence-electron chi connectivity index (χ3n) is 3.47. The summed E-state index contributed by atoms with van der Waals surface area (Å²) in [4.78, 5) is 0. The fraction of sp³-hybridized carbons (Fsp3) is 0.500. The predicted octanol–water partition coefficient (Wildman–Crippen LogP) is 3.03. The molecule has 0 heterocycles. The van der Waals surface area contributed by atoms with Crippen LogP contribution in [0, 0.1) is 6.92 Å². The number of aryl methyl sites for hydroxylation is 1. The Bertz CT molecular complexity index is 337. The first-order chi connectivity index (χ1) is 6.68. The molecule has 0 unspecified atom stereocenters. The summed E-state index contributed by atoms with van der Waals surface area (Å²) >= 11 is 6.02. The van der Waals surface area contributed by atoms with Gasteiger partial charge in [-0.3, -0.25) is 0 Å². The van der Waals surface area contributed by atoms with Gasteiger partial charge in [0.1, 0.15) is 0 Å². The number of rotatable bonds is 2. The van der Waals surface area contributed by atoms with E-state index in [0.717, 1.165) is 11.6 Å². The maximum Gasteiger partial charge on any atom is 0.0409 e. The van der Waals surface area contributed by atoms with Gasteiger partial charge in [0.2, 0.25) is 0 Å². The van der Waals surface area contributed by atoms with Crippen molar-refractivity contribution in [2.45, 2.75) is 31.6 Å². The smallest absolute Gasteiger partial charge is 0.0409 e. The first-order valence-corrected chi connectivity index (χ1v) is 5.52. The number of hydrogen-bond acceptors (Lipinski definition) is 1. The molecular weight excluding hydrogens is 194 g/mol. The third-order valence-corrected chi connectivity index (χ3v) is 3.71. The number of hydrogen-bond donors (Lipinski definition) is 1. The van der Waals surface area contributed by atoms with E-state index in [1.807, 2.05) is 6.07 Å². The second kappa shape index (κ2) is 3.56. The van der Waals surface area contributed by atoms with Crippen molar-refractivity contribution in [1.82, 2.24) is 0 Å². The van der Waals surface area contributed by atoms with Gasteiger partial charge in [0.05, 0.1) is 0 Å². The number of nitrogens with two attached hydrogens (primary N) is 1. The van der Waals surface area contributed by atoms with E-state index in [2.05, 4.69) is 19.1 Å². The van der Waals surface area contributed by atoms with E-state index >= 15 is 0 Å². The Morgan fingerprint density at radius 3 is 2.64 bits per heavy atom. The summed E-state index contributed by atoms with van der Waals surface area (Å²) < 4.78 is 0. The summed E-state index contributed by atoms with van der Waals surface area (Å²) in [5.41, 5.74) is 8.79. The van der Waals surface area contributed by atoms with Crippen LogP contribution in [0.1, 0.15) is 30.4 Å². The van der Waals surface area contributed by atoms with E-state index in [9.17, 15) is 0 Å². The van der Waals surface area contributed by atoms with Gasteiger partial charge in [-0.15, -0.1) is 0 Å². The lowest BCUT2D eigenvalue weighted by Gasteiger charge is -2.42. The van der Waals surface area contributed by atoms with Gasteiger partial charge < -0.3 is 5.73 Å². The van der Waals surface area contributed by atoms with Crippen LogP contribution in [0.15, 0.2) is 18.2 Å².